The largest absolute Gasteiger partial charge is 0.395 e. The molecule has 0 bridgehead atoms. The maximum Gasteiger partial charge on any atom is 0.222 e. The molecule has 0 heterocycles. The molecule has 0 aromatic heterocycles. The molecule has 1 amide bonds. The predicted octanol–water partition coefficient (Wildman–Crippen LogP) is 2.09. The highest BCUT2D eigenvalue weighted by Crippen LogP contribution is 2.16. The van der Waals surface area contributed by atoms with Crippen LogP contribution in [0.3, 0.4) is 0 Å². The number of carbonyl (C=O) groups excluding carboxylic acids is 1. The standard InChI is InChI=1S/C16H26N2O2/c1-2-3-11-18(12-13-19)16(20)10-9-15(17)14-7-5-4-6-8-14/h4-8,15,19H,2-3,9-13,17H2,1H3. The van der Waals surface area contributed by atoms with E-state index >= 15 is 0 Å². The average molecular weight is 278 g/mol. The van der Waals surface area contributed by atoms with Crippen LogP contribution in [0.2, 0.25) is 0 Å². The molecule has 4 heteroatoms. The highest BCUT2D eigenvalue weighted by Gasteiger charge is 2.14. The van der Waals surface area contributed by atoms with E-state index in [0.717, 1.165) is 24.9 Å². The van der Waals surface area contributed by atoms with Gasteiger partial charge in [0.25, 0.3) is 0 Å². The number of carbonyl (C=O) groups is 1. The van der Waals surface area contributed by atoms with Crippen molar-refractivity contribution < 1.29 is 9.90 Å². The normalized spacial score (nSPS) is 12.2. The van der Waals surface area contributed by atoms with Gasteiger partial charge in [-0.2, -0.15) is 0 Å². The van der Waals surface area contributed by atoms with E-state index in [1.165, 1.54) is 0 Å². The lowest BCUT2D eigenvalue weighted by atomic mass is 10.0. The van der Waals surface area contributed by atoms with Gasteiger partial charge in [0.05, 0.1) is 6.61 Å². The van der Waals surface area contributed by atoms with Crippen molar-refractivity contribution >= 4 is 5.91 Å². The van der Waals surface area contributed by atoms with Crippen molar-refractivity contribution in [3.05, 3.63) is 35.9 Å². The monoisotopic (exact) mass is 278 g/mol. The molecule has 1 atom stereocenters. The third-order valence-electron chi connectivity index (χ3n) is 3.40. The molecule has 1 aromatic rings. The Morgan fingerprint density at radius 3 is 2.60 bits per heavy atom. The topological polar surface area (TPSA) is 66.6 Å². The first-order valence-electron chi connectivity index (χ1n) is 7.38. The summed E-state index contributed by atoms with van der Waals surface area (Å²) in [6, 6.07) is 9.72. The van der Waals surface area contributed by atoms with Crippen LogP contribution in [0.25, 0.3) is 0 Å². The van der Waals surface area contributed by atoms with Crippen LogP contribution in [-0.2, 0) is 4.79 Å². The molecule has 0 saturated carbocycles. The van der Waals surface area contributed by atoms with Gasteiger partial charge < -0.3 is 15.7 Å². The molecule has 0 aliphatic carbocycles. The third kappa shape index (κ3) is 5.72. The van der Waals surface area contributed by atoms with Crippen molar-refractivity contribution in [2.45, 2.75) is 38.6 Å². The van der Waals surface area contributed by atoms with Crippen LogP contribution in [-0.4, -0.2) is 35.6 Å². The van der Waals surface area contributed by atoms with Crippen LogP contribution in [0.5, 0.6) is 0 Å². The van der Waals surface area contributed by atoms with Crippen LogP contribution in [0.1, 0.15) is 44.2 Å². The minimum Gasteiger partial charge on any atom is -0.395 e. The predicted molar refractivity (Wildman–Crippen MR) is 81.2 cm³/mol. The van der Waals surface area contributed by atoms with Crippen LogP contribution < -0.4 is 5.73 Å². The molecule has 1 unspecified atom stereocenters. The summed E-state index contributed by atoms with van der Waals surface area (Å²) in [5, 5.41) is 9.02. The fourth-order valence-corrected chi connectivity index (χ4v) is 2.13. The van der Waals surface area contributed by atoms with E-state index in [2.05, 4.69) is 6.92 Å². The molecule has 0 aliphatic rings. The van der Waals surface area contributed by atoms with E-state index in [-0.39, 0.29) is 18.6 Å². The summed E-state index contributed by atoms with van der Waals surface area (Å²) in [7, 11) is 0. The average Bonchev–Trinajstić information content (AvgIpc) is 2.49. The van der Waals surface area contributed by atoms with E-state index in [1.54, 1.807) is 4.90 Å². The number of nitrogens with zero attached hydrogens (tertiary/aromatic N) is 1. The molecule has 0 spiro atoms. The van der Waals surface area contributed by atoms with E-state index < -0.39 is 0 Å². The summed E-state index contributed by atoms with van der Waals surface area (Å²) in [5.41, 5.74) is 7.16. The molecule has 112 valence electrons. The molecular formula is C16H26N2O2. The quantitative estimate of drug-likeness (QED) is 0.727. The van der Waals surface area contributed by atoms with Gasteiger partial charge in [-0.25, -0.2) is 0 Å². The number of amides is 1. The van der Waals surface area contributed by atoms with Crippen molar-refractivity contribution in [1.82, 2.24) is 4.90 Å². The second-order valence-electron chi connectivity index (χ2n) is 5.01. The molecule has 0 saturated heterocycles. The van der Waals surface area contributed by atoms with Crippen molar-refractivity contribution in [3.8, 4) is 0 Å². The number of rotatable bonds is 9. The third-order valence-corrected chi connectivity index (χ3v) is 3.40. The van der Waals surface area contributed by atoms with Crippen LogP contribution in [0.15, 0.2) is 30.3 Å². The Balaban J connectivity index is 2.43. The number of hydrogen-bond donors (Lipinski definition) is 2. The second kappa shape index (κ2) is 9.50. The fourth-order valence-electron chi connectivity index (χ4n) is 2.13. The summed E-state index contributed by atoms with van der Waals surface area (Å²) in [6.45, 7) is 3.24. The zero-order valence-corrected chi connectivity index (χ0v) is 12.3. The molecule has 0 fully saturated rings. The first kappa shape index (κ1) is 16.7. The zero-order chi connectivity index (χ0) is 14.8. The molecule has 1 rings (SSSR count). The SMILES string of the molecule is CCCCN(CCO)C(=O)CCC(N)c1ccccc1. The lowest BCUT2D eigenvalue weighted by Gasteiger charge is -2.22. The highest BCUT2D eigenvalue weighted by atomic mass is 16.3. The second-order valence-corrected chi connectivity index (χ2v) is 5.01. The molecule has 0 radical (unpaired) electrons. The Kier molecular flexibility index (Phi) is 7.92. The van der Waals surface area contributed by atoms with Crippen LogP contribution in [0.4, 0.5) is 0 Å². The lowest BCUT2D eigenvalue weighted by molar-refractivity contribution is -0.132. The van der Waals surface area contributed by atoms with Crippen molar-refractivity contribution in [2.75, 3.05) is 19.7 Å². The zero-order valence-electron chi connectivity index (χ0n) is 12.3. The first-order chi connectivity index (χ1) is 9.69. The van der Waals surface area contributed by atoms with E-state index in [1.807, 2.05) is 30.3 Å². The maximum atomic E-state index is 12.1. The number of aliphatic hydroxyl groups is 1. The van der Waals surface area contributed by atoms with Gasteiger partial charge >= 0.3 is 0 Å². The minimum absolute atomic E-state index is 0.0141. The number of benzene rings is 1. The molecule has 3 N–H and O–H groups in total. The summed E-state index contributed by atoms with van der Waals surface area (Å²) < 4.78 is 0. The Bertz CT molecular complexity index is 381. The van der Waals surface area contributed by atoms with Crippen LogP contribution in [0, 0.1) is 0 Å². The Hall–Kier alpha value is -1.39. The molecular weight excluding hydrogens is 252 g/mol. The summed E-state index contributed by atoms with van der Waals surface area (Å²) in [5.74, 6) is 0.0823. The number of nitrogens with two attached hydrogens (primary N) is 1. The van der Waals surface area contributed by atoms with Crippen molar-refractivity contribution in [2.24, 2.45) is 5.73 Å². The van der Waals surface area contributed by atoms with E-state index in [4.69, 9.17) is 10.8 Å². The van der Waals surface area contributed by atoms with Crippen molar-refractivity contribution in [1.29, 1.82) is 0 Å². The van der Waals surface area contributed by atoms with E-state index in [9.17, 15) is 4.79 Å². The summed E-state index contributed by atoms with van der Waals surface area (Å²) in [6.07, 6.45) is 3.08. The highest BCUT2D eigenvalue weighted by molar-refractivity contribution is 5.76. The first-order valence-corrected chi connectivity index (χ1v) is 7.38. The van der Waals surface area contributed by atoms with Gasteiger partial charge in [0.15, 0.2) is 0 Å². The van der Waals surface area contributed by atoms with Gasteiger partial charge in [0, 0.05) is 25.6 Å². The number of aliphatic hydroxyl groups excluding tert-OH is 1. The Labute approximate surface area is 121 Å². The molecule has 1 aromatic carbocycles. The van der Waals surface area contributed by atoms with Gasteiger partial charge in [-0.3, -0.25) is 4.79 Å². The van der Waals surface area contributed by atoms with Gasteiger partial charge in [0.1, 0.15) is 0 Å². The number of unbranched alkanes of at least 4 members (excludes halogenated alkanes) is 1. The smallest absolute Gasteiger partial charge is 0.222 e. The Morgan fingerprint density at radius 1 is 1.30 bits per heavy atom. The minimum atomic E-state index is -0.109. The van der Waals surface area contributed by atoms with Crippen LogP contribution >= 0.6 is 0 Å². The van der Waals surface area contributed by atoms with E-state index in [0.29, 0.717) is 19.4 Å². The fraction of sp³-hybridized carbons (Fsp3) is 0.562. The molecule has 4 nitrogen and oxygen atoms in total. The Morgan fingerprint density at radius 2 is 2.00 bits per heavy atom. The lowest BCUT2D eigenvalue weighted by Crippen LogP contribution is -2.34. The molecule has 0 aliphatic heterocycles. The number of hydrogen-bond acceptors (Lipinski definition) is 3. The maximum absolute atomic E-state index is 12.1. The molecule has 20 heavy (non-hydrogen) atoms. The van der Waals surface area contributed by atoms with Gasteiger partial charge in [-0.15, -0.1) is 0 Å². The van der Waals surface area contributed by atoms with Gasteiger partial charge in [0.2, 0.25) is 5.91 Å². The van der Waals surface area contributed by atoms with Gasteiger partial charge in [-0.05, 0) is 18.4 Å². The van der Waals surface area contributed by atoms with Crippen molar-refractivity contribution in [3.63, 3.8) is 0 Å². The summed E-state index contributed by atoms with van der Waals surface area (Å²) in [4.78, 5) is 13.9. The summed E-state index contributed by atoms with van der Waals surface area (Å²) >= 11 is 0. The van der Waals surface area contributed by atoms with Gasteiger partial charge in [-0.1, -0.05) is 43.7 Å².